The molecule has 0 atom stereocenters. The van der Waals surface area contributed by atoms with E-state index in [9.17, 15) is 4.39 Å². The first kappa shape index (κ1) is 15.4. The van der Waals surface area contributed by atoms with E-state index in [0.29, 0.717) is 12.4 Å². The molecule has 0 aliphatic heterocycles. The lowest BCUT2D eigenvalue weighted by Gasteiger charge is -2.20. The zero-order valence-corrected chi connectivity index (χ0v) is 12.7. The van der Waals surface area contributed by atoms with Gasteiger partial charge in [-0.2, -0.15) is 0 Å². The Labute approximate surface area is 125 Å². The Bertz CT molecular complexity index is 576. The van der Waals surface area contributed by atoms with E-state index in [2.05, 4.69) is 31.1 Å². The molecule has 1 N–H and O–H groups in total. The average Bonchev–Trinajstić information content (AvgIpc) is 2.43. The fourth-order valence-electron chi connectivity index (χ4n) is 1.73. The zero-order valence-electron chi connectivity index (χ0n) is 12.7. The van der Waals surface area contributed by atoms with Crippen molar-refractivity contribution in [3.05, 3.63) is 59.7 Å². The quantitative estimate of drug-likeness (QED) is 0.911. The first-order valence-corrected chi connectivity index (χ1v) is 6.99. The van der Waals surface area contributed by atoms with E-state index < -0.39 is 0 Å². The fourth-order valence-corrected chi connectivity index (χ4v) is 1.73. The van der Waals surface area contributed by atoms with Gasteiger partial charge in [0, 0.05) is 24.3 Å². The zero-order chi connectivity index (χ0) is 15.3. The minimum atomic E-state index is -0.302. The summed E-state index contributed by atoms with van der Waals surface area (Å²) in [5, 5.41) is 3.41. The summed E-state index contributed by atoms with van der Waals surface area (Å²) >= 11 is 0. The van der Waals surface area contributed by atoms with Crippen molar-refractivity contribution in [3.8, 4) is 5.75 Å². The number of nitrogens with zero attached hydrogens (tertiary/aromatic N) is 1. The van der Waals surface area contributed by atoms with Gasteiger partial charge in [-0.1, -0.05) is 12.1 Å². The Morgan fingerprint density at radius 3 is 2.62 bits per heavy atom. The van der Waals surface area contributed by atoms with E-state index in [0.717, 1.165) is 17.8 Å². The Balaban J connectivity index is 1.87. The maximum absolute atomic E-state index is 13.0. The lowest BCUT2D eigenvalue weighted by Crippen LogP contribution is -2.35. The molecule has 0 saturated carbocycles. The summed E-state index contributed by atoms with van der Waals surface area (Å²) in [6.07, 6.45) is 1.84. The van der Waals surface area contributed by atoms with Crippen LogP contribution < -0.4 is 10.1 Å². The highest BCUT2D eigenvalue weighted by atomic mass is 19.1. The lowest BCUT2D eigenvalue weighted by molar-refractivity contribution is 0.299. The molecule has 2 rings (SSSR count). The number of nitrogens with one attached hydrogen (secondary N) is 1. The van der Waals surface area contributed by atoms with Gasteiger partial charge in [0.15, 0.2) is 0 Å². The van der Waals surface area contributed by atoms with Crippen LogP contribution in [0, 0.1) is 5.82 Å². The highest BCUT2D eigenvalue weighted by Crippen LogP contribution is 2.13. The molecule has 2 aromatic rings. The lowest BCUT2D eigenvalue weighted by atomic mass is 10.1. The van der Waals surface area contributed by atoms with Gasteiger partial charge in [0.2, 0.25) is 0 Å². The molecule has 0 amide bonds. The number of pyridine rings is 1. The molecule has 0 radical (unpaired) electrons. The predicted octanol–water partition coefficient (Wildman–Crippen LogP) is 3.69. The average molecular weight is 288 g/mol. The monoisotopic (exact) mass is 288 g/mol. The summed E-state index contributed by atoms with van der Waals surface area (Å²) in [4.78, 5) is 4.36. The first-order valence-electron chi connectivity index (χ1n) is 6.99. The van der Waals surface area contributed by atoms with Gasteiger partial charge >= 0.3 is 0 Å². The topological polar surface area (TPSA) is 34.1 Å². The summed E-state index contributed by atoms with van der Waals surface area (Å²) in [6, 6.07) is 10.1. The summed E-state index contributed by atoms with van der Waals surface area (Å²) in [7, 11) is 0. The molecule has 0 fully saturated rings. The molecule has 3 nitrogen and oxygen atoms in total. The molecule has 0 aliphatic rings. The van der Waals surface area contributed by atoms with E-state index >= 15 is 0 Å². The van der Waals surface area contributed by atoms with Crippen molar-refractivity contribution in [1.82, 2.24) is 10.3 Å². The number of aromatic nitrogens is 1. The Morgan fingerprint density at radius 2 is 2.00 bits per heavy atom. The second-order valence-corrected chi connectivity index (χ2v) is 6.01. The molecule has 0 bridgehead atoms. The third-order valence-corrected chi connectivity index (χ3v) is 2.89. The van der Waals surface area contributed by atoms with Crippen LogP contribution in [0.3, 0.4) is 0 Å². The largest absolute Gasteiger partial charge is 0.487 e. The minimum Gasteiger partial charge on any atom is -0.487 e. The van der Waals surface area contributed by atoms with Gasteiger partial charge in [0.25, 0.3) is 0 Å². The molecule has 1 heterocycles. The number of rotatable bonds is 5. The summed E-state index contributed by atoms with van der Waals surface area (Å²) < 4.78 is 18.5. The molecule has 4 heteroatoms. The third kappa shape index (κ3) is 5.52. The van der Waals surface area contributed by atoms with Crippen molar-refractivity contribution < 1.29 is 9.13 Å². The molecule has 112 valence electrons. The van der Waals surface area contributed by atoms with Crippen molar-refractivity contribution in [2.24, 2.45) is 0 Å². The highest BCUT2D eigenvalue weighted by Gasteiger charge is 2.08. The van der Waals surface area contributed by atoms with Crippen LogP contribution in [0.4, 0.5) is 4.39 Å². The van der Waals surface area contributed by atoms with E-state index in [1.54, 1.807) is 12.1 Å². The number of hydrogen-bond donors (Lipinski definition) is 1. The molecule has 1 aromatic heterocycles. The van der Waals surface area contributed by atoms with Gasteiger partial charge in [0.05, 0.1) is 5.69 Å². The fraction of sp³-hybridized carbons (Fsp3) is 0.353. The standard InChI is InChI=1S/C17H21FN2O/c1-17(2,3)20-11-13-7-8-15(19-10-13)12-21-16-6-4-5-14(18)9-16/h4-10,20H,11-12H2,1-3H3. The molecule has 21 heavy (non-hydrogen) atoms. The van der Waals surface area contributed by atoms with Crippen molar-refractivity contribution in [3.63, 3.8) is 0 Å². The van der Waals surface area contributed by atoms with Crippen LogP contribution in [-0.2, 0) is 13.2 Å². The highest BCUT2D eigenvalue weighted by molar-refractivity contribution is 5.23. The summed E-state index contributed by atoms with van der Waals surface area (Å²) in [5.41, 5.74) is 2.03. The van der Waals surface area contributed by atoms with Crippen LogP contribution in [-0.4, -0.2) is 10.5 Å². The maximum Gasteiger partial charge on any atom is 0.130 e. The van der Waals surface area contributed by atoms with Gasteiger partial charge in [-0.25, -0.2) is 4.39 Å². The SMILES string of the molecule is CC(C)(C)NCc1ccc(COc2cccc(F)c2)nc1. The molecule has 0 aliphatic carbocycles. The number of ether oxygens (including phenoxy) is 1. The van der Waals surface area contributed by atoms with Crippen molar-refractivity contribution in [1.29, 1.82) is 0 Å². The van der Waals surface area contributed by atoms with Crippen molar-refractivity contribution in [2.45, 2.75) is 39.5 Å². The van der Waals surface area contributed by atoms with Gasteiger partial charge in [-0.3, -0.25) is 4.98 Å². The molecular weight excluding hydrogens is 267 g/mol. The van der Waals surface area contributed by atoms with E-state index in [1.165, 1.54) is 12.1 Å². The predicted molar refractivity (Wildman–Crippen MR) is 81.6 cm³/mol. The normalized spacial score (nSPS) is 11.4. The van der Waals surface area contributed by atoms with Crippen LogP contribution in [0.15, 0.2) is 42.6 Å². The second kappa shape index (κ2) is 6.68. The van der Waals surface area contributed by atoms with E-state index in [1.807, 2.05) is 18.3 Å². The van der Waals surface area contributed by atoms with Crippen LogP contribution >= 0.6 is 0 Å². The summed E-state index contributed by atoms with van der Waals surface area (Å²) in [5.74, 6) is 0.208. The Morgan fingerprint density at radius 1 is 1.19 bits per heavy atom. The minimum absolute atomic E-state index is 0.0825. The third-order valence-electron chi connectivity index (χ3n) is 2.89. The number of benzene rings is 1. The second-order valence-electron chi connectivity index (χ2n) is 6.01. The van der Waals surface area contributed by atoms with Crippen molar-refractivity contribution >= 4 is 0 Å². The maximum atomic E-state index is 13.0. The van der Waals surface area contributed by atoms with Crippen LogP contribution in [0.2, 0.25) is 0 Å². The Kier molecular flexibility index (Phi) is 4.91. The molecule has 0 spiro atoms. The van der Waals surface area contributed by atoms with Gasteiger partial charge in [0.1, 0.15) is 18.2 Å². The number of hydrogen-bond acceptors (Lipinski definition) is 3. The van der Waals surface area contributed by atoms with E-state index in [4.69, 9.17) is 4.74 Å². The van der Waals surface area contributed by atoms with Gasteiger partial charge in [-0.15, -0.1) is 0 Å². The Hall–Kier alpha value is -1.94. The molecular formula is C17H21FN2O. The van der Waals surface area contributed by atoms with Crippen LogP contribution in [0.1, 0.15) is 32.0 Å². The smallest absolute Gasteiger partial charge is 0.130 e. The first-order chi connectivity index (χ1) is 9.92. The van der Waals surface area contributed by atoms with Crippen LogP contribution in [0.5, 0.6) is 5.75 Å². The van der Waals surface area contributed by atoms with Crippen LogP contribution in [0.25, 0.3) is 0 Å². The van der Waals surface area contributed by atoms with Crippen molar-refractivity contribution in [2.75, 3.05) is 0 Å². The number of halogens is 1. The van der Waals surface area contributed by atoms with E-state index in [-0.39, 0.29) is 11.4 Å². The molecule has 0 unspecified atom stereocenters. The summed E-state index contributed by atoms with van der Waals surface area (Å²) in [6.45, 7) is 7.49. The molecule has 1 aromatic carbocycles. The van der Waals surface area contributed by atoms with Gasteiger partial charge in [-0.05, 0) is 44.5 Å². The van der Waals surface area contributed by atoms with Gasteiger partial charge < -0.3 is 10.1 Å². The molecule has 0 saturated heterocycles.